The summed E-state index contributed by atoms with van der Waals surface area (Å²) in [7, 11) is 0. The quantitative estimate of drug-likeness (QED) is 0.315. The minimum Gasteiger partial charge on any atom is -0.330 e. The van der Waals surface area contributed by atoms with E-state index in [-0.39, 0.29) is 0 Å². The Hall–Kier alpha value is -2.61. The fraction of sp³-hybridized carbons (Fsp3) is 0.261. The van der Waals surface area contributed by atoms with Gasteiger partial charge in [0.1, 0.15) is 0 Å². The predicted molar refractivity (Wildman–Crippen MR) is 106 cm³/mol. The Labute approximate surface area is 149 Å². The molecule has 25 heavy (non-hydrogen) atoms. The third-order valence-electron chi connectivity index (χ3n) is 5.01. The van der Waals surface area contributed by atoms with Crippen LogP contribution in [0.25, 0.3) is 21.5 Å². The molecular weight excluding hydrogens is 304 g/mol. The molecule has 0 aliphatic heterocycles. The lowest BCUT2D eigenvalue weighted by molar-refractivity contribution is 0.667. The van der Waals surface area contributed by atoms with E-state index in [1.54, 1.807) is 0 Å². The maximum atomic E-state index is 4.39. The van der Waals surface area contributed by atoms with Gasteiger partial charge in [-0.3, -0.25) is 0 Å². The van der Waals surface area contributed by atoms with E-state index < -0.39 is 0 Å². The maximum Gasteiger partial charge on any atom is 0.0951 e. The van der Waals surface area contributed by atoms with E-state index in [1.165, 1.54) is 52.1 Å². The van der Waals surface area contributed by atoms with Gasteiger partial charge in [0.2, 0.25) is 0 Å². The number of aryl methyl sites for hydroxylation is 1. The van der Waals surface area contributed by atoms with E-state index in [9.17, 15) is 0 Å². The number of fused-ring (bicyclic) bond motifs is 2. The molecule has 0 atom stereocenters. The highest BCUT2D eigenvalue weighted by Crippen LogP contribution is 2.26. The first-order chi connectivity index (χ1) is 12.3. The number of unbranched alkanes of at least 4 members (excludes halogenated alkanes) is 2. The van der Waals surface area contributed by atoms with Crippen LogP contribution in [0.15, 0.2) is 67.1 Å². The van der Waals surface area contributed by atoms with E-state index >= 15 is 0 Å². The molecule has 0 spiro atoms. The fourth-order valence-corrected chi connectivity index (χ4v) is 3.61. The Morgan fingerprint density at radius 1 is 0.880 bits per heavy atom. The molecule has 126 valence electrons. The van der Waals surface area contributed by atoms with Crippen molar-refractivity contribution in [2.45, 2.75) is 39.2 Å². The van der Waals surface area contributed by atoms with Crippen LogP contribution >= 0.6 is 0 Å². The normalized spacial score (nSPS) is 11.4. The molecule has 4 rings (SSSR count). The van der Waals surface area contributed by atoms with Crippen LogP contribution in [0.5, 0.6) is 0 Å². The van der Waals surface area contributed by atoms with Crippen LogP contribution in [0, 0.1) is 0 Å². The Morgan fingerprint density at radius 3 is 2.52 bits per heavy atom. The Balaban J connectivity index is 1.70. The van der Waals surface area contributed by atoms with Crippen molar-refractivity contribution in [2.75, 3.05) is 0 Å². The first-order valence-electron chi connectivity index (χ1n) is 9.24. The highest BCUT2D eigenvalue weighted by atomic mass is 15.0. The summed E-state index contributed by atoms with van der Waals surface area (Å²) in [6.45, 7) is 3.13. The monoisotopic (exact) mass is 328 g/mol. The van der Waals surface area contributed by atoms with E-state index in [4.69, 9.17) is 0 Å². The van der Waals surface area contributed by atoms with Gasteiger partial charge >= 0.3 is 0 Å². The van der Waals surface area contributed by atoms with Crippen molar-refractivity contribution in [1.82, 2.24) is 9.55 Å². The minimum absolute atomic E-state index is 0.886. The van der Waals surface area contributed by atoms with Crippen LogP contribution in [0.1, 0.15) is 37.4 Å². The van der Waals surface area contributed by atoms with Gasteiger partial charge < -0.3 is 4.57 Å². The van der Waals surface area contributed by atoms with Crippen molar-refractivity contribution < 1.29 is 0 Å². The molecule has 0 saturated heterocycles. The second-order valence-corrected chi connectivity index (χ2v) is 6.81. The number of hydrogen-bond acceptors (Lipinski definition) is 1. The molecule has 0 saturated carbocycles. The lowest BCUT2D eigenvalue weighted by Gasteiger charge is -2.12. The standard InChI is InChI=1S/C23H24N2/c1-2-3-4-12-22-15-24-17-25(22)16-21-11-7-10-20-13-18-8-5-6-9-19(18)14-23(20)21/h5-11,13-15,17H,2-4,12,16H2,1H3. The van der Waals surface area contributed by atoms with Gasteiger partial charge in [-0.2, -0.15) is 0 Å². The van der Waals surface area contributed by atoms with Crippen molar-refractivity contribution in [3.8, 4) is 0 Å². The van der Waals surface area contributed by atoms with Crippen LogP contribution in [0.3, 0.4) is 0 Å². The van der Waals surface area contributed by atoms with Gasteiger partial charge in [0.25, 0.3) is 0 Å². The first-order valence-corrected chi connectivity index (χ1v) is 9.24. The largest absolute Gasteiger partial charge is 0.330 e. The second-order valence-electron chi connectivity index (χ2n) is 6.81. The molecule has 4 aromatic rings. The molecule has 0 N–H and O–H groups in total. The zero-order valence-corrected chi connectivity index (χ0v) is 14.8. The molecule has 1 aromatic heterocycles. The van der Waals surface area contributed by atoms with Crippen LogP contribution in [0.2, 0.25) is 0 Å². The SMILES string of the molecule is CCCCCc1cncn1Cc1cccc2cc3ccccc3cc12. The topological polar surface area (TPSA) is 17.8 Å². The fourth-order valence-electron chi connectivity index (χ4n) is 3.61. The van der Waals surface area contributed by atoms with Crippen LogP contribution in [-0.2, 0) is 13.0 Å². The van der Waals surface area contributed by atoms with E-state index in [0.717, 1.165) is 13.0 Å². The van der Waals surface area contributed by atoms with Crippen molar-refractivity contribution in [3.05, 3.63) is 78.4 Å². The summed E-state index contributed by atoms with van der Waals surface area (Å²) in [5, 5.41) is 5.25. The average molecular weight is 328 g/mol. The molecule has 0 radical (unpaired) electrons. The van der Waals surface area contributed by atoms with Gasteiger partial charge in [0.15, 0.2) is 0 Å². The van der Waals surface area contributed by atoms with Crippen LogP contribution in [0.4, 0.5) is 0 Å². The Kier molecular flexibility index (Phi) is 4.51. The molecule has 1 heterocycles. The molecule has 0 amide bonds. The molecule has 2 nitrogen and oxygen atoms in total. The summed E-state index contributed by atoms with van der Waals surface area (Å²) >= 11 is 0. The zero-order chi connectivity index (χ0) is 17.1. The van der Waals surface area contributed by atoms with Crippen molar-refractivity contribution >= 4 is 21.5 Å². The molecule has 2 heteroatoms. The number of hydrogen-bond donors (Lipinski definition) is 0. The van der Waals surface area contributed by atoms with Crippen molar-refractivity contribution in [3.63, 3.8) is 0 Å². The van der Waals surface area contributed by atoms with Gasteiger partial charge in [0.05, 0.1) is 6.33 Å². The number of nitrogens with zero attached hydrogens (tertiary/aromatic N) is 2. The summed E-state index contributed by atoms with van der Waals surface area (Å²) in [6, 6.07) is 19.8. The van der Waals surface area contributed by atoms with Crippen LogP contribution < -0.4 is 0 Å². The molecule has 0 fully saturated rings. The second kappa shape index (κ2) is 7.10. The summed E-state index contributed by atoms with van der Waals surface area (Å²) in [5.41, 5.74) is 2.70. The smallest absolute Gasteiger partial charge is 0.0951 e. The van der Waals surface area contributed by atoms with Gasteiger partial charge in [-0.05, 0) is 52.1 Å². The van der Waals surface area contributed by atoms with Gasteiger partial charge in [-0.15, -0.1) is 0 Å². The Morgan fingerprint density at radius 2 is 1.68 bits per heavy atom. The van der Waals surface area contributed by atoms with E-state index in [0.29, 0.717) is 0 Å². The summed E-state index contributed by atoms with van der Waals surface area (Å²) in [6.07, 6.45) is 8.89. The lowest BCUT2D eigenvalue weighted by Crippen LogP contribution is -2.04. The third-order valence-corrected chi connectivity index (χ3v) is 5.01. The highest BCUT2D eigenvalue weighted by molar-refractivity contribution is 5.99. The van der Waals surface area contributed by atoms with Gasteiger partial charge in [-0.25, -0.2) is 4.98 Å². The van der Waals surface area contributed by atoms with Gasteiger partial charge in [0, 0.05) is 18.4 Å². The molecule has 0 aliphatic rings. The average Bonchev–Trinajstić information content (AvgIpc) is 3.08. The lowest BCUT2D eigenvalue weighted by atomic mass is 9.99. The highest BCUT2D eigenvalue weighted by Gasteiger charge is 2.07. The van der Waals surface area contributed by atoms with Crippen molar-refractivity contribution in [1.29, 1.82) is 0 Å². The van der Waals surface area contributed by atoms with Gasteiger partial charge in [-0.1, -0.05) is 62.2 Å². The molecule has 3 aromatic carbocycles. The number of imidazole rings is 1. The number of aromatic nitrogens is 2. The summed E-state index contributed by atoms with van der Waals surface area (Å²) in [4.78, 5) is 4.39. The number of benzene rings is 3. The summed E-state index contributed by atoms with van der Waals surface area (Å²) in [5.74, 6) is 0. The summed E-state index contributed by atoms with van der Waals surface area (Å²) < 4.78 is 2.31. The predicted octanol–water partition coefficient (Wildman–Crippen LogP) is 5.97. The van der Waals surface area contributed by atoms with Crippen LogP contribution in [-0.4, -0.2) is 9.55 Å². The third kappa shape index (κ3) is 3.30. The van der Waals surface area contributed by atoms with E-state index in [2.05, 4.69) is 71.1 Å². The first kappa shape index (κ1) is 15.9. The minimum atomic E-state index is 0.886. The van der Waals surface area contributed by atoms with E-state index in [1.807, 2.05) is 12.5 Å². The number of rotatable bonds is 6. The molecule has 0 bridgehead atoms. The maximum absolute atomic E-state index is 4.39. The molecule has 0 unspecified atom stereocenters. The van der Waals surface area contributed by atoms with Crippen molar-refractivity contribution in [2.24, 2.45) is 0 Å². The Bertz CT molecular complexity index is 997. The molecular formula is C23H24N2. The molecule has 0 aliphatic carbocycles. The zero-order valence-electron chi connectivity index (χ0n) is 14.8.